The summed E-state index contributed by atoms with van der Waals surface area (Å²) in [6.45, 7) is 8.58. The van der Waals surface area contributed by atoms with E-state index in [1.54, 1.807) is 13.8 Å². The second-order valence-corrected chi connectivity index (χ2v) is 4.22. The van der Waals surface area contributed by atoms with Crippen molar-refractivity contribution in [2.24, 2.45) is 0 Å². The van der Waals surface area contributed by atoms with Gasteiger partial charge in [0.25, 0.3) is 0 Å². The summed E-state index contributed by atoms with van der Waals surface area (Å²) in [6.07, 6.45) is 0. The van der Waals surface area contributed by atoms with Crippen molar-refractivity contribution in [3.05, 3.63) is 17.0 Å². The zero-order valence-corrected chi connectivity index (χ0v) is 9.22. The highest BCUT2D eigenvalue weighted by molar-refractivity contribution is 5.20. The summed E-state index contributed by atoms with van der Waals surface area (Å²) in [5, 5.41) is 16.5. The van der Waals surface area contributed by atoms with Crippen LogP contribution in [0.2, 0.25) is 0 Å². The number of aliphatic hydroxyl groups is 1. The zero-order chi connectivity index (χ0) is 10.8. The molecule has 0 aliphatic heterocycles. The molecule has 0 bridgehead atoms. The number of aromatic nitrogens is 1. The molecule has 1 heterocycles. The summed E-state index contributed by atoms with van der Waals surface area (Å²) in [6, 6.07) is 0. The minimum absolute atomic E-state index is 0.553. The first-order valence-corrected chi connectivity index (χ1v) is 4.75. The molecular formula is C10H18N2O2. The number of aryl methyl sites for hydroxylation is 2. The largest absolute Gasteiger partial charge is 0.389 e. The molecule has 2 N–H and O–H groups in total. The van der Waals surface area contributed by atoms with E-state index in [4.69, 9.17) is 4.52 Å². The number of nitrogens with one attached hydrogen (secondary N) is 1. The first-order chi connectivity index (χ1) is 6.40. The van der Waals surface area contributed by atoms with Crippen molar-refractivity contribution in [1.29, 1.82) is 0 Å². The molecule has 0 saturated heterocycles. The van der Waals surface area contributed by atoms with Crippen LogP contribution in [0, 0.1) is 13.8 Å². The van der Waals surface area contributed by atoms with Gasteiger partial charge in [-0.2, -0.15) is 0 Å². The molecule has 0 amide bonds. The number of hydrogen-bond donors (Lipinski definition) is 2. The lowest BCUT2D eigenvalue weighted by atomic mass is 10.1. The first kappa shape index (κ1) is 11.2. The molecule has 1 aromatic rings. The summed E-state index contributed by atoms with van der Waals surface area (Å²) >= 11 is 0. The minimum atomic E-state index is -0.682. The van der Waals surface area contributed by atoms with E-state index in [0.29, 0.717) is 13.1 Å². The average molecular weight is 198 g/mol. The summed E-state index contributed by atoms with van der Waals surface area (Å²) < 4.78 is 5.03. The normalized spacial score (nSPS) is 12.1. The maximum atomic E-state index is 9.48. The highest BCUT2D eigenvalue weighted by atomic mass is 16.5. The molecule has 4 nitrogen and oxygen atoms in total. The molecule has 4 heteroatoms. The monoisotopic (exact) mass is 198 g/mol. The van der Waals surface area contributed by atoms with E-state index in [1.165, 1.54) is 0 Å². The van der Waals surface area contributed by atoms with Crippen LogP contribution in [-0.4, -0.2) is 22.4 Å². The standard InChI is InChI=1S/C10H18N2O2/c1-7-9(8(2)14-12-7)5-11-6-10(3,4)13/h11,13H,5-6H2,1-4H3. The summed E-state index contributed by atoms with van der Waals surface area (Å²) in [7, 11) is 0. The Bertz CT molecular complexity index is 280. The molecule has 14 heavy (non-hydrogen) atoms. The van der Waals surface area contributed by atoms with Gasteiger partial charge in [-0.3, -0.25) is 0 Å². The molecule has 1 rings (SSSR count). The van der Waals surface area contributed by atoms with E-state index >= 15 is 0 Å². The van der Waals surface area contributed by atoms with E-state index < -0.39 is 5.60 Å². The predicted octanol–water partition coefficient (Wildman–Crippen LogP) is 1.15. The van der Waals surface area contributed by atoms with Crippen molar-refractivity contribution >= 4 is 0 Å². The highest BCUT2D eigenvalue weighted by Crippen LogP contribution is 2.11. The second kappa shape index (κ2) is 4.11. The third kappa shape index (κ3) is 3.12. The molecule has 80 valence electrons. The molecule has 0 radical (unpaired) electrons. The summed E-state index contributed by atoms with van der Waals surface area (Å²) in [5.74, 6) is 0.839. The van der Waals surface area contributed by atoms with Gasteiger partial charge in [0.2, 0.25) is 0 Å². The van der Waals surface area contributed by atoms with E-state index in [9.17, 15) is 5.11 Å². The van der Waals surface area contributed by atoms with E-state index in [0.717, 1.165) is 17.0 Å². The van der Waals surface area contributed by atoms with Crippen molar-refractivity contribution < 1.29 is 9.63 Å². The van der Waals surface area contributed by atoms with Crippen molar-refractivity contribution in [3.8, 4) is 0 Å². The topological polar surface area (TPSA) is 58.3 Å². The van der Waals surface area contributed by atoms with Crippen LogP contribution in [-0.2, 0) is 6.54 Å². The zero-order valence-electron chi connectivity index (χ0n) is 9.22. The Kier molecular flexibility index (Phi) is 3.29. The molecule has 0 spiro atoms. The maximum Gasteiger partial charge on any atom is 0.138 e. The smallest absolute Gasteiger partial charge is 0.138 e. The number of nitrogens with zero attached hydrogens (tertiary/aromatic N) is 1. The molecule has 0 unspecified atom stereocenters. The van der Waals surface area contributed by atoms with Crippen LogP contribution >= 0.6 is 0 Å². The molecule has 1 aromatic heterocycles. The third-order valence-corrected chi connectivity index (χ3v) is 2.04. The fourth-order valence-electron chi connectivity index (χ4n) is 1.25. The highest BCUT2D eigenvalue weighted by Gasteiger charge is 2.13. The SMILES string of the molecule is Cc1noc(C)c1CNCC(C)(C)O. The molecule has 0 saturated carbocycles. The number of hydrogen-bond acceptors (Lipinski definition) is 4. The van der Waals surface area contributed by atoms with Gasteiger partial charge >= 0.3 is 0 Å². The van der Waals surface area contributed by atoms with Crippen LogP contribution in [0.25, 0.3) is 0 Å². The second-order valence-electron chi connectivity index (χ2n) is 4.22. The number of rotatable bonds is 4. The van der Waals surface area contributed by atoms with Crippen molar-refractivity contribution in [2.45, 2.75) is 39.8 Å². The van der Waals surface area contributed by atoms with Crippen molar-refractivity contribution in [1.82, 2.24) is 10.5 Å². The van der Waals surface area contributed by atoms with Crippen LogP contribution in [0.4, 0.5) is 0 Å². The van der Waals surface area contributed by atoms with Gasteiger partial charge in [0, 0.05) is 18.7 Å². The Morgan fingerprint density at radius 3 is 2.50 bits per heavy atom. The van der Waals surface area contributed by atoms with Crippen LogP contribution in [0.3, 0.4) is 0 Å². The fourth-order valence-corrected chi connectivity index (χ4v) is 1.25. The van der Waals surface area contributed by atoms with Crippen LogP contribution < -0.4 is 5.32 Å². The molecule has 0 aliphatic carbocycles. The van der Waals surface area contributed by atoms with Gasteiger partial charge in [-0.15, -0.1) is 0 Å². The van der Waals surface area contributed by atoms with E-state index in [2.05, 4.69) is 10.5 Å². The third-order valence-electron chi connectivity index (χ3n) is 2.04. The van der Waals surface area contributed by atoms with Gasteiger partial charge in [0.05, 0.1) is 11.3 Å². The van der Waals surface area contributed by atoms with Crippen LogP contribution in [0.5, 0.6) is 0 Å². The van der Waals surface area contributed by atoms with Gasteiger partial charge in [0.1, 0.15) is 5.76 Å². The molecule has 0 fully saturated rings. The Morgan fingerprint density at radius 2 is 2.07 bits per heavy atom. The predicted molar refractivity (Wildman–Crippen MR) is 54.0 cm³/mol. The molecular weight excluding hydrogens is 180 g/mol. The molecule has 0 aromatic carbocycles. The first-order valence-electron chi connectivity index (χ1n) is 4.75. The lowest BCUT2D eigenvalue weighted by Gasteiger charge is -2.17. The van der Waals surface area contributed by atoms with Crippen LogP contribution in [0.15, 0.2) is 4.52 Å². The maximum absolute atomic E-state index is 9.48. The Balaban J connectivity index is 2.46. The average Bonchev–Trinajstić information content (AvgIpc) is 2.33. The Labute approximate surface area is 84.3 Å². The van der Waals surface area contributed by atoms with E-state index in [1.807, 2.05) is 13.8 Å². The lowest BCUT2D eigenvalue weighted by molar-refractivity contribution is 0.0794. The van der Waals surface area contributed by atoms with Gasteiger partial charge in [-0.05, 0) is 27.7 Å². The summed E-state index contributed by atoms with van der Waals surface area (Å²) in [5.41, 5.74) is 1.30. The Hall–Kier alpha value is -0.870. The minimum Gasteiger partial charge on any atom is -0.389 e. The van der Waals surface area contributed by atoms with E-state index in [-0.39, 0.29) is 0 Å². The summed E-state index contributed by atoms with van der Waals surface area (Å²) in [4.78, 5) is 0. The van der Waals surface area contributed by atoms with Gasteiger partial charge in [-0.1, -0.05) is 5.16 Å². The van der Waals surface area contributed by atoms with Crippen molar-refractivity contribution in [3.63, 3.8) is 0 Å². The van der Waals surface area contributed by atoms with Gasteiger partial charge < -0.3 is 14.9 Å². The fraction of sp³-hybridized carbons (Fsp3) is 0.700. The van der Waals surface area contributed by atoms with Gasteiger partial charge in [0.15, 0.2) is 0 Å². The Morgan fingerprint density at radius 1 is 1.43 bits per heavy atom. The molecule has 0 aliphatic rings. The van der Waals surface area contributed by atoms with Crippen LogP contribution in [0.1, 0.15) is 30.9 Å². The lowest BCUT2D eigenvalue weighted by Crippen LogP contribution is -2.34. The van der Waals surface area contributed by atoms with Crippen molar-refractivity contribution in [2.75, 3.05) is 6.54 Å². The van der Waals surface area contributed by atoms with Gasteiger partial charge in [-0.25, -0.2) is 0 Å². The quantitative estimate of drug-likeness (QED) is 0.762. The molecule has 0 atom stereocenters.